The molecule has 0 amide bonds. The second kappa shape index (κ2) is 7.57. The third kappa shape index (κ3) is 4.16. The van der Waals surface area contributed by atoms with Crippen molar-refractivity contribution in [1.82, 2.24) is 4.90 Å². The number of nitrogens with zero attached hydrogens (tertiary/aromatic N) is 2. The molecule has 20 heavy (non-hydrogen) atoms. The number of nitrogens with two attached hydrogens (primary N) is 1. The molecule has 1 aliphatic rings. The number of piperidine rings is 1. The predicted molar refractivity (Wildman–Crippen MR) is 82.0 cm³/mol. The molecule has 112 valence electrons. The van der Waals surface area contributed by atoms with Gasteiger partial charge in [-0.2, -0.15) is 0 Å². The summed E-state index contributed by atoms with van der Waals surface area (Å²) in [6.07, 6.45) is 2.16. The summed E-state index contributed by atoms with van der Waals surface area (Å²) in [6.45, 7) is 4.65. The maximum Gasteiger partial charge on any atom is 0.273 e. The van der Waals surface area contributed by atoms with E-state index in [1.165, 1.54) is 0 Å². The van der Waals surface area contributed by atoms with E-state index in [0.717, 1.165) is 31.5 Å². The minimum Gasteiger partial charge on any atom is -0.328 e. The minimum atomic E-state index is -0.302. The highest BCUT2D eigenvalue weighted by atomic mass is 35.5. The summed E-state index contributed by atoms with van der Waals surface area (Å²) in [4.78, 5) is 13.0. The maximum atomic E-state index is 11.0. The van der Waals surface area contributed by atoms with Crippen LogP contribution in [-0.2, 0) is 6.54 Å². The first-order chi connectivity index (χ1) is 9.08. The lowest BCUT2D eigenvalue weighted by Gasteiger charge is -2.33. The number of nitro groups is 1. The molecule has 0 saturated carbocycles. The van der Waals surface area contributed by atoms with E-state index < -0.39 is 0 Å². The monoisotopic (exact) mass is 299 g/mol. The van der Waals surface area contributed by atoms with Crippen LogP contribution in [0.3, 0.4) is 0 Å². The van der Waals surface area contributed by atoms with Gasteiger partial charge < -0.3 is 5.73 Å². The highest BCUT2D eigenvalue weighted by Gasteiger charge is 2.23. The van der Waals surface area contributed by atoms with Crippen molar-refractivity contribution < 1.29 is 4.92 Å². The average Bonchev–Trinajstić information content (AvgIpc) is 2.39. The standard InChI is InChI=1S/C14H21N3O2.ClH/c1-11(15)12-6-8-16(9-7-12)10-13-4-2-3-5-14(13)17(18)19;/h2-5,11-12H,6-10,15H2,1H3;1H. The van der Waals surface area contributed by atoms with Crippen molar-refractivity contribution in [3.05, 3.63) is 39.9 Å². The van der Waals surface area contributed by atoms with Crippen molar-refractivity contribution >= 4 is 18.1 Å². The summed E-state index contributed by atoms with van der Waals surface area (Å²) < 4.78 is 0. The van der Waals surface area contributed by atoms with Gasteiger partial charge in [0.2, 0.25) is 0 Å². The average molecular weight is 300 g/mol. The Labute approximate surface area is 125 Å². The zero-order valence-electron chi connectivity index (χ0n) is 11.7. The van der Waals surface area contributed by atoms with Gasteiger partial charge in [0.05, 0.1) is 4.92 Å². The molecule has 0 aromatic heterocycles. The van der Waals surface area contributed by atoms with Gasteiger partial charge in [0.15, 0.2) is 0 Å². The molecule has 0 spiro atoms. The molecule has 1 aromatic carbocycles. The molecule has 5 nitrogen and oxygen atoms in total. The van der Waals surface area contributed by atoms with E-state index >= 15 is 0 Å². The summed E-state index contributed by atoms with van der Waals surface area (Å²) >= 11 is 0. The highest BCUT2D eigenvalue weighted by molar-refractivity contribution is 5.85. The second-order valence-electron chi connectivity index (χ2n) is 5.36. The van der Waals surface area contributed by atoms with Crippen LogP contribution in [0.1, 0.15) is 25.3 Å². The number of nitro benzene ring substituents is 1. The van der Waals surface area contributed by atoms with Crippen LogP contribution in [0.2, 0.25) is 0 Å². The molecular weight excluding hydrogens is 278 g/mol. The molecule has 1 saturated heterocycles. The van der Waals surface area contributed by atoms with E-state index in [2.05, 4.69) is 11.8 Å². The molecule has 1 heterocycles. The van der Waals surface area contributed by atoms with Crippen LogP contribution >= 0.6 is 12.4 Å². The van der Waals surface area contributed by atoms with Crippen molar-refractivity contribution in [3.63, 3.8) is 0 Å². The molecule has 1 fully saturated rings. The van der Waals surface area contributed by atoms with Gasteiger partial charge in [-0.3, -0.25) is 15.0 Å². The van der Waals surface area contributed by atoms with Crippen molar-refractivity contribution in [2.45, 2.75) is 32.4 Å². The second-order valence-corrected chi connectivity index (χ2v) is 5.36. The Balaban J connectivity index is 0.00000200. The largest absolute Gasteiger partial charge is 0.328 e. The fourth-order valence-electron chi connectivity index (χ4n) is 2.70. The van der Waals surface area contributed by atoms with Crippen molar-refractivity contribution in [2.75, 3.05) is 13.1 Å². The lowest BCUT2D eigenvalue weighted by Crippen LogP contribution is -2.39. The lowest BCUT2D eigenvalue weighted by atomic mass is 9.91. The Morgan fingerprint density at radius 3 is 2.55 bits per heavy atom. The molecule has 1 aliphatic heterocycles. The van der Waals surface area contributed by atoms with E-state index in [4.69, 9.17) is 5.73 Å². The van der Waals surface area contributed by atoms with Gasteiger partial charge in [-0.15, -0.1) is 12.4 Å². The van der Waals surface area contributed by atoms with Gasteiger partial charge in [0.25, 0.3) is 5.69 Å². The molecule has 0 radical (unpaired) electrons. The van der Waals surface area contributed by atoms with Gasteiger partial charge in [-0.05, 0) is 38.8 Å². The van der Waals surface area contributed by atoms with Gasteiger partial charge in [0, 0.05) is 24.2 Å². The van der Waals surface area contributed by atoms with Crippen molar-refractivity contribution in [2.24, 2.45) is 11.7 Å². The van der Waals surface area contributed by atoms with E-state index in [1.807, 2.05) is 12.1 Å². The maximum absolute atomic E-state index is 11.0. The van der Waals surface area contributed by atoms with Gasteiger partial charge in [0.1, 0.15) is 0 Å². The molecule has 1 atom stereocenters. The summed E-state index contributed by atoms with van der Waals surface area (Å²) in [7, 11) is 0. The first-order valence-corrected chi connectivity index (χ1v) is 6.78. The molecule has 2 N–H and O–H groups in total. The summed E-state index contributed by atoms with van der Waals surface area (Å²) in [6, 6.07) is 7.23. The first-order valence-electron chi connectivity index (χ1n) is 6.78. The summed E-state index contributed by atoms with van der Waals surface area (Å²) in [5, 5.41) is 11.0. The quantitative estimate of drug-likeness (QED) is 0.685. The van der Waals surface area contributed by atoms with Gasteiger partial charge >= 0.3 is 0 Å². The van der Waals surface area contributed by atoms with Gasteiger partial charge in [-0.1, -0.05) is 18.2 Å². The van der Waals surface area contributed by atoms with E-state index in [9.17, 15) is 10.1 Å². The van der Waals surface area contributed by atoms with Gasteiger partial charge in [-0.25, -0.2) is 0 Å². The van der Waals surface area contributed by atoms with Crippen LogP contribution in [0, 0.1) is 16.0 Å². The van der Waals surface area contributed by atoms with Crippen LogP contribution in [0.5, 0.6) is 0 Å². The summed E-state index contributed by atoms with van der Waals surface area (Å²) in [5.74, 6) is 0.585. The Morgan fingerprint density at radius 1 is 1.40 bits per heavy atom. The first kappa shape index (κ1) is 16.9. The number of hydrogen-bond acceptors (Lipinski definition) is 4. The fourth-order valence-corrected chi connectivity index (χ4v) is 2.70. The number of hydrogen-bond donors (Lipinski definition) is 1. The Kier molecular flexibility index (Phi) is 6.39. The van der Waals surface area contributed by atoms with Crippen molar-refractivity contribution in [3.8, 4) is 0 Å². The third-order valence-corrected chi connectivity index (χ3v) is 3.96. The smallest absolute Gasteiger partial charge is 0.273 e. The molecule has 2 rings (SSSR count). The number of para-hydroxylation sites is 1. The number of rotatable bonds is 4. The van der Waals surface area contributed by atoms with E-state index in [0.29, 0.717) is 12.5 Å². The topological polar surface area (TPSA) is 72.4 Å². The Bertz CT molecular complexity index is 446. The van der Waals surface area contributed by atoms with E-state index in [-0.39, 0.29) is 29.1 Å². The molecule has 1 aromatic rings. The zero-order valence-corrected chi connectivity index (χ0v) is 12.5. The number of likely N-dealkylation sites (tertiary alicyclic amines) is 1. The number of halogens is 1. The lowest BCUT2D eigenvalue weighted by molar-refractivity contribution is -0.385. The Hall–Kier alpha value is -1.17. The van der Waals surface area contributed by atoms with E-state index in [1.54, 1.807) is 12.1 Å². The molecule has 1 unspecified atom stereocenters. The van der Waals surface area contributed by atoms with Crippen LogP contribution in [0.15, 0.2) is 24.3 Å². The molecule has 0 aliphatic carbocycles. The van der Waals surface area contributed by atoms with Crippen LogP contribution in [-0.4, -0.2) is 29.0 Å². The van der Waals surface area contributed by atoms with Crippen LogP contribution in [0.4, 0.5) is 5.69 Å². The van der Waals surface area contributed by atoms with Crippen LogP contribution < -0.4 is 5.73 Å². The minimum absolute atomic E-state index is 0. The fraction of sp³-hybridized carbons (Fsp3) is 0.571. The normalized spacial score (nSPS) is 18.3. The highest BCUT2D eigenvalue weighted by Crippen LogP contribution is 2.24. The predicted octanol–water partition coefficient (Wildman–Crippen LogP) is 2.58. The number of benzene rings is 1. The van der Waals surface area contributed by atoms with Crippen LogP contribution in [0.25, 0.3) is 0 Å². The SMILES string of the molecule is CC(N)C1CCN(Cc2ccccc2[N+](=O)[O-])CC1.Cl. The Morgan fingerprint density at radius 2 is 2.00 bits per heavy atom. The molecular formula is C14H22ClN3O2. The third-order valence-electron chi connectivity index (χ3n) is 3.96. The van der Waals surface area contributed by atoms with Crippen molar-refractivity contribution in [1.29, 1.82) is 0 Å². The molecule has 6 heteroatoms. The zero-order chi connectivity index (χ0) is 13.8. The summed E-state index contributed by atoms with van der Waals surface area (Å²) in [5.41, 5.74) is 6.94. The molecule has 0 bridgehead atoms.